The Morgan fingerprint density at radius 3 is 2.52 bits per heavy atom. The lowest BCUT2D eigenvalue weighted by atomic mass is 9.67. The van der Waals surface area contributed by atoms with E-state index in [1.807, 2.05) is 24.4 Å². The lowest BCUT2D eigenvalue weighted by Gasteiger charge is -2.37. The standard InChI is InChI=1S/C22H29NO6/c1-23-13-22(9-7-15(8-10-22)21(25)26)16-3-6-19(27-2)20(11-16)29-18-5-4-17(12-18)28-14-24/h3,6,11,13-15,17-18H,4-5,7-10,12H2,1-2H3,(H,25,26). The molecule has 0 amide bonds. The van der Waals surface area contributed by atoms with E-state index < -0.39 is 5.97 Å². The van der Waals surface area contributed by atoms with E-state index in [4.69, 9.17) is 14.2 Å². The van der Waals surface area contributed by atoms with Crippen molar-refractivity contribution >= 4 is 18.7 Å². The Labute approximate surface area is 171 Å². The van der Waals surface area contributed by atoms with Crippen molar-refractivity contribution in [2.75, 3.05) is 14.2 Å². The molecule has 2 atom stereocenters. The van der Waals surface area contributed by atoms with E-state index in [0.29, 0.717) is 37.2 Å². The van der Waals surface area contributed by atoms with E-state index in [2.05, 4.69) is 4.99 Å². The molecular weight excluding hydrogens is 374 g/mol. The Morgan fingerprint density at radius 2 is 1.90 bits per heavy atom. The zero-order chi connectivity index (χ0) is 20.9. The molecule has 158 valence electrons. The van der Waals surface area contributed by atoms with Gasteiger partial charge in [-0.25, -0.2) is 0 Å². The molecule has 7 nitrogen and oxygen atoms in total. The first-order valence-electron chi connectivity index (χ1n) is 10.1. The molecule has 1 N–H and O–H groups in total. The van der Waals surface area contributed by atoms with Gasteiger partial charge in [-0.05, 0) is 56.2 Å². The van der Waals surface area contributed by atoms with Gasteiger partial charge < -0.3 is 19.3 Å². The number of ether oxygens (including phenoxy) is 3. The monoisotopic (exact) mass is 403 g/mol. The molecule has 3 rings (SSSR count). The normalized spacial score (nSPS) is 29.5. The van der Waals surface area contributed by atoms with Crippen LogP contribution in [0.5, 0.6) is 11.5 Å². The van der Waals surface area contributed by atoms with Crippen LogP contribution in [0.1, 0.15) is 50.5 Å². The number of benzene rings is 1. The van der Waals surface area contributed by atoms with Crippen molar-refractivity contribution in [2.24, 2.45) is 10.9 Å². The minimum absolute atomic E-state index is 0.0392. The van der Waals surface area contributed by atoms with Gasteiger partial charge >= 0.3 is 5.97 Å². The van der Waals surface area contributed by atoms with Crippen LogP contribution in [-0.2, 0) is 19.7 Å². The number of methoxy groups -OCH3 is 1. The molecule has 0 heterocycles. The fourth-order valence-electron chi connectivity index (χ4n) is 4.59. The summed E-state index contributed by atoms with van der Waals surface area (Å²) in [5.74, 6) is 0.289. The molecule has 0 saturated heterocycles. The van der Waals surface area contributed by atoms with Crippen LogP contribution in [-0.4, -0.2) is 50.1 Å². The summed E-state index contributed by atoms with van der Waals surface area (Å²) in [7, 11) is 3.35. The molecule has 1 aromatic carbocycles. The number of carboxylic acids is 1. The summed E-state index contributed by atoms with van der Waals surface area (Å²) < 4.78 is 16.8. The number of nitrogens with zero attached hydrogens (tertiary/aromatic N) is 1. The number of carbonyl (C=O) groups is 2. The molecule has 0 bridgehead atoms. The van der Waals surface area contributed by atoms with Crippen LogP contribution in [0, 0.1) is 5.92 Å². The third-order valence-corrected chi connectivity index (χ3v) is 6.22. The van der Waals surface area contributed by atoms with E-state index in [-0.39, 0.29) is 23.5 Å². The largest absolute Gasteiger partial charge is 0.493 e. The highest BCUT2D eigenvalue weighted by atomic mass is 16.5. The smallest absolute Gasteiger partial charge is 0.306 e. The maximum absolute atomic E-state index is 11.4. The highest BCUT2D eigenvalue weighted by Gasteiger charge is 2.38. The molecule has 7 heteroatoms. The van der Waals surface area contributed by atoms with Gasteiger partial charge in [-0.15, -0.1) is 0 Å². The number of hydrogen-bond acceptors (Lipinski definition) is 6. The molecule has 0 aromatic heterocycles. The van der Waals surface area contributed by atoms with Gasteiger partial charge in [0.25, 0.3) is 6.47 Å². The Balaban J connectivity index is 1.83. The van der Waals surface area contributed by atoms with E-state index in [9.17, 15) is 14.7 Å². The van der Waals surface area contributed by atoms with Crippen molar-refractivity contribution in [3.8, 4) is 11.5 Å². The SMILES string of the molecule is CN=CC1(c2ccc(OC)c(OC3CCC(OC=O)C3)c2)CCC(C(=O)O)CC1. The number of aliphatic imine (C=N–C) groups is 1. The van der Waals surface area contributed by atoms with Gasteiger partial charge in [0.15, 0.2) is 11.5 Å². The Kier molecular flexibility index (Phi) is 6.77. The maximum Gasteiger partial charge on any atom is 0.306 e. The summed E-state index contributed by atoms with van der Waals surface area (Å²) in [6, 6.07) is 5.91. The average Bonchev–Trinajstić information content (AvgIpc) is 3.16. The zero-order valence-electron chi connectivity index (χ0n) is 17.0. The van der Waals surface area contributed by atoms with Crippen LogP contribution in [0.2, 0.25) is 0 Å². The first-order valence-corrected chi connectivity index (χ1v) is 10.1. The van der Waals surface area contributed by atoms with Crippen molar-refractivity contribution in [2.45, 2.75) is 62.6 Å². The van der Waals surface area contributed by atoms with E-state index in [1.54, 1.807) is 14.2 Å². The second-order valence-corrected chi connectivity index (χ2v) is 7.93. The summed E-state index contributed by atoms with van der Waals surface area (Å²) in [5.41, 5.74) is 0.755. The van der Waals surface area contributed by atoms with Crippen molar-refractivity contribution in [3.05, 3.63) is 23.8 Å². The summed E-state index contributed by atoms with van der Waals surface area (Å²) in [6.07, 6.45) is 6.76. The molecule has 2 saturated carbocycles. The molecule has 0 aliphatic heterocycles. The molecule has 2 aliphatic rings. The Bertz CT molecular complexity index is 754. The molecular formula is C22H29NO6. The molecule has 0 radical (unpaired) electrons. The molecule has 2 fully saturated rings. The predicted molar refractivity (Wildman–Crippen MR) is 108 cm³/mol. The van der Waals surface area contributed by atoms with E-state index >= 15 is 0 Å². The maximum atomic E-state index is 11.4. The van der Waals surface area contributed by atoms with Crippen molar-refractivity contribution in [3.63, 3.8) is 0 Å². The summed E-state index contributed by atoms with van der Waals surface area (Å²) in [4.78, 5) is 26.2. The lowest BCUT2D eigenvalue weighted by molar-refractivity contribution is -0.143. The first kappa shape index (κ1) is 21.1. The lowest BCUT2D eigenvalue weighted by Crippen LogP contribution is -2.35. The topological polar surface area (TPSA) is 94.4 Å². The van der Waals surface area contributed by atoms with Crippen LogP contribution in [0.4, 0.5) is 0 Å². The van der Waals surface area contributed by atoms with Crippen molar-refractivity contribution in [1.82, 2.24) is 0 Å². The molecule has 0 spiro atoms. The van der Waals surface area contributed by atoms with Crippen LogP contribution >= 0.6 is 0 Å². The summed E-state index contributed by atoms with van der Waals surface area (Å²) in [6.45, 7) is 0.496. The minimum atomic E-state index is -0.723. The molecule has 29 heavy (non-hydrogen) atoms. The quantitative estimate of drug-likeness (QED) is 0.528. The van der Waals surface area contributed by atoms with Gasteiger partial charge in [0, 0.05) is 25.1 Å². The minimum Gasteiger partial charge on any atom is -0.493 e. The fourth-order valence-corrected chi connectivity index (χ4v) is 4.59. The summed E-state index contributed by atoms with van der Waals surface area (Å²) in [5, 5.41) is 9.34. The number of carboxylic acid groups (broad SMARTS) is 1. The third kappa shape index (κ3) is 4.71. The number of rotatable bonds is 8. The van der Waals surface area contributed by atoms with Crippen LogP contribution in [0.15, 0.2) is 23.2 Å². The number of aliphatic carboxylic acids is 1. The van der Waals surface area contributed by atoms with Crippen molar-refractivity contribution in [1.29, 1.82) is 0 Å². The van der Waals surface area contributed by atoms with Crippen LogP contribution in [0.3, 0.4) is 0 Å². The van der Waals surface area contributed by atoms with Gasteiger partial charge in [-0.3, -0.25) is 14.6 Å². The fraction of sp³-hybridized carbons (Fsp3) is 0.591. The first-order chi connectivity index (χ1) is 14.0. The van der Waals surface area contributed by atoms with Gasteiger partial charge in [0.2, 0.25) is 0 Å². The van der Waals surface area contributed by atoms with E-state index in [0.717, 1.165) is 31.2 Å². The second-order valence-electron chi connectivity index (χ2n) is 7.93. The zero-order valence-corrected chi connectivity index (χ0v) is 17.0. The van der Waals surface area contributed by atoms with Gasteiger partial charge in [0.1, 0.15) is 12.2 Å². The number of carbonyl (C=O) groups excluding carboxylic acids is 1. The van der Waals surface area contributed by atoms with Crippen LogP contribution < -0.4 is 9.47 Å². The number of hydrogen-bond donors (Lipinski definition) is 1. The van der Waals surface area contributed by atoms with E-state index in [1.165, 1.54) is 0 Å². The van der Waals surface area contributed by atoms with Crippen LogP contribution in [0.25, 0.3) is 0 Å². The molecule has 1 aromatic rings. The molecule has 2 unspecified atom stereocenters. The van der Waals surface area contributed by atoms with Crippen molar-refractivity contribution < 1.29 is 28.9 Å². The van der Waals surface area contributed by atoms with Gasteiger partial charge in [-0.2, -0.15) is 0 Å². The summed E-state index contributed by atoms with van der Waals surface area (Å²) >= 11 is 0. The third-order valence-electron chi connectivity index (χ3n) is 6.22. The Morgan fingerprint density at radius 1 is 1.17 bits per heavy atom. The predicted octanol–water partition coefficient (Wildman–Crippen LogP) is 3.38. The average molecular weight is 403 g/mol. The van der Waals surface area contributed by atoms with Gasteiger partial charge in [-0.1, -0.05) is 6.07 Å². The highest BCUT2D eigenvalue weighted by Crippen LogP contribution is 2.43. The van der Waals surface area contributed by atoms with Gasteiger partial charge in [0.05, 0.1) is 13.0 Å². The highest BCUT2D eigenvalue weighted by molar-refractivity contribution is 5.76. The molecule has 2 aliphatic carbocycles. The Hall–Kier alpha value is -2.57. The second kappa shape index (κ2) is 9.29.